The van der Waals surface area contributed by atoms with Crippen molar-refractivity contribution in [3.8, 4) is 11.5 Å². The zero-order chi connectivity index (χ0) is 24.4. The summed E-state index contributed by atoms with van der Waals surface area (Å²) >= 11 is 1.53. The quantitative estimate of drug-likeness (QED) is 0.206. The zero-order valence-electron chi connectivity index (χ0n) is 20.4. The Kier molecular flexibility index (Phi) is 11.0. The molecule has 0 N–H and O–H groups in total. The number of benzene rings is 1. The van der Waals surface area contributed by atoms with Gasteiger partial charge in [0.1, 0.15) is 16.9 Å². The molecule has 0 fully saturated rings. The van der Waals surface area contributed by atoms with Crippen LogP contribution in [0.2, 0.25) is 0 Å². The molecule has 2 rings (SSSR count). The first-order chi connectivity index (χ1) is 15.8. The van der Waals surface area contributed by atoms with E-state index in [4.69, 9.17) is 18.9 Å². The highest BCUT2D eigenvalue weighted by Gasteiger charge is 2.31. The fourth-order valence-corrected chi connectivity index (χ4v) is 4.54. The Balaban J connectivity index is 1.95. The minimum Gasteiger partial charge on any atom is -0.478 e. The summed E-state index contributed by atoms with van der Waals surface area (Å²) < 4.78 is 22.1. The van der Waals surface area contributed by atoms with Gasteiger partial charge in [-0.1, -0.05) is 38.5 Å². The van der Waals surface area contributed by atoms with E-state index >= 15 is 0 Å². The number of unbranched alkanes of at least 4 members (excludes halogenated alkanes) is 2. The van der Waals surface area contributed by atoms with Gasteiger partial charge in [-0.05, 0) is 44.7 Å². The van der Waals surface area contributed by atoms with Crippen molar-refractivity contribution in [3.05, 3.63) is 16.7 Å². The molecule has 33 heavy (non-hydrogen) atoms. The van der Waals surface area contributed by atoms with Gasteiger partial charge in [-0.25, -0.2) is 0 Å². The van der Waals surface area contributed by atoms with Crippen LogP contribution in [-0.4, -0.2) is 36.6 Å². The van der Waals surface area contributed by atoms with Crippen LogP contribution in [0.1, 0.15) is 81.9 Å². The van der Waals surface area contributed by atoms with Gasteiger partial charge < -0.3 is 18.9 Å². The Morgan fingerprint density at radius 1 is 0.818 bits per heavy atom. The molecular formula is C25H36O7S. The molecule has 0 saturated carbocycles. The molecule has 0 radical (unpaired) electrons. The van der Waals surface area contributed by atoms with Crippen LogP contribution in [0.3, 0.4) is 0 Å². The molecular weight excluding hydrogens is 444 g/mol. The van der Waals surface area contributed by atoms with Gasteiger partial charge in [-0.2, -0.15) is 0 Å². The summed E-state index contributed by atoms with van der Waals surface area (Å²) in [4.78, 5) is 37.0. The number of ether oxygens (including phenoxy) is 4. The Labute approximate surface area is 200 Å². The van der Waals surface area contributed by atoms with Gasteiger partial charge in [0.2, 0.25) is 0 Å². The summed E-state index contributed by atoms with van der Waals surface area (Å²) in [6.07, 6.45) is 4.40. The Hall–Kier alpha value is -2.22. The van der Waals surface area contributed by atoms with Crippen LogP contribution in [0.4, 0.5) is 0 Å². The highest BCUT2D eigenvalue weighted by molar-refractivity contribution is 8.00. The van der Waals surface area contributed by atoms with E-state index in [0.717, 1.165) is 53.0 Å². The van der Waals surface area contributed by atoms with E-state index < -0.39 is 5.97 Å². The molecule has 8 heteroatoms. The van der Waals surface area contributed by atoms with Crippen molar-refractivity contribution < 1.29 is 33.3 Å². The van der Waals surface area contributed by atoms with Crippen LogP contribution < -0.4 is 9.47 Å². The molecule has 0 aromatic heterocycles. The van der Waals surface area contributed by atoms with Crippen LogP contribution >= 0.6 is 11.8 Å². The molecule has 184 valence electrons. The lowest BCUT2D eigenvalue weighted by Gasteiger charge is -2.16. The third-order valence-corrected chi connectivity index (χ3v) is 6.81. The van der Waals surface area contributed by atoms with Crippen molar-refractivity contribution in [2.45, 2.75) is 96.3 Å². The van der Waals surface area contributed by atoms with Gasteiger partial charge in [-0.15, -0.1) is 0 Å². The molecule has 7 nitrogen and oxygen atoms in total. The van der Waals surface area contributed by atoms with Crippen LogP contribution in [-0.2, 0) is 23.9 Å². The first-order valence-electron chi connectivity index (χ1n) is 11.8. The number of carbonyl (C=O) groups excluding carboxylic acids is 3. The number of esters is 3. The summed E-state index contributed by atoms with van der Waals surface area (Å²) in [6.45, 7) is 10.6. The summed E-state index contributed by atoms with van der Waals surface area (Å²) in [7, 11) is 0. The van der Waals surface area contributed by atoms with Crippen LogP contribution in [0.5, 0.6) is 11.5 Å². The topological polar surface area (TPSA) is 88.1 Å². The lowest BCUT2D eigenvalue weighted by Crippen LogP contribution is -2.14. The number of rotatable bonds is 13. The lowest BCUT2D eigenvalue weighted by atomic mass is 10.0. The van der Waals surface area contributed by atoms with E-state index in [1.165, 1.54) is 11.8 Å². The third-order valence-electron chi connectivity index (χ3n) is 5.48. The first kappa shape index (κ1) is 27.0. The third kappa shape index (κ3) is 7.95. The van der Waals surface area contributed by atoms with Crippen molar-refractivity contribution in [1.29, 1.82) is 0 Å². The second-order valence-electron chi connectivity index (χ2n) is 8.19. The van der Waals surface area contributed by atoms with Gasteiger partial charge in [0, 0.05) is 18.4 Å². The number of fused-ring (bicyclic) bond motifs is 1. The number of carbonyl (C=O) groups is 3. The largest absolute Gasteiger partial charge is 0.478 e. The molecule has 0 bridgehead atoms. The lowest BCUT2D eigenvalue weighted by molar-refractivity contribution is -0.147. The molecule has 1 aliphatic rings. The molecule has 1 heterocycles. The summed E-state index contributed by atoms with van der Waals surface area (Å²) in [6, 6.07) is 0. The van der Waals surface area contributed by atoms with Crippen molar-refractivity contribution in [3.63, 3.8) is 0 Å². The predicted molar refractivity (Wildman–Crippen MR) is 127 cm³/mol. The van der Waals surface area contributed by atoms with Gasteiger partial charge in [0.25, 0.3) is 0 Å². The maximum atomic E-state index is 12.4. The minimum absolute atomic E-state index is 0.00113. The van der Waals surface area contributed by atoms with Crippen molar-refractivity contribution in [1.82, 2.24) is 0 Å². The van der Waals surface area contributed by atoms with Gasteiger partial charge in [0.05, 0.1) is 31.0 Å². The van der Waals surface area contributed by atoms with Crippen LogP contribution in [0.25, 0.3) is 0 Å². The second kappa shape index (κ2) is 13.5. The summed E-state index contributed by atoms with van der Waals surface area (Å²) in [5.41, 5.74) is 2.35. The van der Waals surface area contributed by atoms with E-state index in [1.807, 2.05) is 27.7 Å². The fraction of sp³-hybridized carbons (Fsp3) is 0.640. The van der Waals surface area contributed by atoms with Gasteiger partial charge in [-0.3, -0.25) is 14.4 Å². The van der Waals surface area contributed by atoms with E-state index in [9.17, 15) is 14.4 Å². The molecule has 1 atom stereocenters. The maximum absolute atomic E-state index is 12.4. The predicted octanol–water partition coefficient (Wildman–Crippen LogP) is 5.57. The Bertz CT molecular complexity index is 850. The van der Waals surface area contributed by atoms with E-state index in [0.29, 0.717) is 31.8 Å². The molecule has 0 spiro atoms. The van der Waals surface area contributed by atoms with E-state index in [2.05, 4.69) is 6.92 Å². The normalized spacial score (nSPS) is 14.4. The number of thioether (sulfide) groups is 1. The highest BCUT2D eigenvalue weighted by atomic mass is 32.2. The standard InChI is InChI=1S/C25H36O7S/c1-6-8-14-29-19(26)10-11-21(28)31-23-16(3)17(4)24-25(18(23)5)33-22(32-24)13-12-20(27)30-15-9-7-2/h22H,6-15H2,1-5H3. The smallest absolute Gasteiger partial charge is 0.311 e. The Morgan fingerprint density at radius 2 is 1.39 bits per heavy atom. The van der Waals surface area contributed by atoms with Crippen LogP contribution in [0, 0.1) is 20.8 Å². The number of hydrogen-bond donors (Lipinski definition) is 0. The molecule has 1 aromatic carbocycles. The second-order valence-corrected chi connectivity index (χ2v) is 9.36. The van der Waals surface area contributed by atoms with Gasteiger partial charge in [0.15, 0.2) is 0 Å². The van der Waals surface area contributed by atoms with E-state index in [-0.39, 0.29) is 30.2 Å². The van der Waals surface area contributed by atoms with Crippen molar-refractivity contribution >= 4 is 29.7 Å². The maximum Gasteiger partial charge on any atom is 0.311 e. The molecule has 0 saturated heterocycles. The average Bonchev–Trinajstić information content (AvgIpc) is 3.23. The summed E-state index contributed by atoms with van der Waals surface area (Å²) in [5.74, 6) is 0.211. The molecule has 0 amide bonds. The molecule has 1 aliphatic heterocycles. The zero-order valence-corrected chi connectivity index (χ0v) is 21.2. The van der Waals surface area contributed by atoms with Crippen LogP contribution in [0.15, 0.2) is 4.90 Å². The minimum atomic E-state index is -0.469. The molecule has 1 unspecified atom stereocenters. The first-order valence-corrected chi connectivity index (χ1v) is 12.6. The number of hydrogen-bond acceptors (Lipinski definition) is 8. The molecule has 0 aliphatic carbocycles. The molecule has 1 aromatic rings. The summed E-state index contributed by atoms with van der Waals surface area (Å²) in [5, 5.41) is 0. The van der Waals surface area contributed by atoms with E-state index in [1.54, 1.807) is 0 Å². The SMILES string of the molecule is CCCCOC(=O)CCC(=O)Oc1c(C)c(C)c2c(c1C)SC(CCC(=O)OCCCC)O2. The average molecular weight is 481 g/mol. The fourth-order valence-electron chi connectivity index (χ4n) is 3.32. The highest BCUT2D eigenvalue weighted by Crippen LogP contribution is 2.50. The van der Waals surface area contributed by atoms with Gasteiger partial charge >= 0.3 is 17.9 Å². The monoisotopic (exact) mass is 480 g/mol. The van der Waals surface area contributed by atoms with Crippen molar-refractivity contribution in [2.24, 2.45) is 0 Å². The van der Waals surface area contributed by atoms with Crippen molar-refractivity contribution in [2.75, 3.05) is 13.2 Å². The Morgan fingerprint density at radius 3 is 2.00 bits per heavy atom.